The third kappa shape index (κ3) is 4.82. The van der Waals surface area contributed by atoms with Crippen molar-refractivity contribution in [1.29, 1.82) is 0 Å². The Balaban J connectivity index is 1.73. The smallest absolute Gasteiger partial charge is 0.337 e. The van der Waals surface area contributed by atoms with Gasteiger partial charge in [0.25, 0.3) is 5.91 Å². The maximum atomic E-state index is 14.3. The molecule has 1 aromatic heterocycles. The lowest BCUT2D eigenvalue weighted by atomic mass is 10.1. The second kappa shape index (κ2) is 8.34. The summed E-state index contributed by atoms with van der Waals surface area (Å²) < 4.78 is 53.3. The lowest BCUT2D eigenvalue weighted by Crippen LogP contribution is -2.35. The lowest BCUT2D eigenvalue weighted by Gasteiger charge is -2.22. The average molecular weight is 436 g/mol. The zero-order valence-corrected chi connectivity index (χ0v) is 16.6. The minimum atomic E-state index is -4.71. The highest BCUT2D eigenvalue weighted by Crippen LogP contribution is 2.34. The van der Waals surface area contributed by atoms with Gasteiger partial charge in [-0.15, -0.1) is 11.3 Å². The van der Waals surface area contributed by atoms with Crippen molar-refractivity contribution in [3.05, 3.63) is 50.2 Å². The third-order valence-corrected chi connectivity index (χ3v) is 5.61. The molecule has 28 heavy (non-hydrogen) atoms. The van der Waals surface area contributed by atoms with Crippen molar-refractivity contribution >= 4 is 28.8 Å². The number of thiazole rings is 1. The Morgan fingerprint density at radius 1 is 1.25 bits per heavy atom. The van der Waals surface area contributed by atoms with Gasteiger partial charge >= 0.3 is 6.18 Å². The van der Waals surface area contributed by atoms with Crippen molar-refractivity contribution in [1.82, 2.24) is 14.8 Å². The van der Waals surface area contributed by atoms with E-state index >= 15 is 0 Å². The third-order valence-electron chi connectivity index (χ3n) is 4.51. The van der Waals surface area contributed by atoms with E-state index in [9.17, 15) is 22.4 Å². The molecular weight excluding hydrogens is 418 g/mol. The Kier molecular flexibility index (Phi) is 6.26. The number of nitrogens with zero attached hydrogens (tertiary/aromatic N) is 3. The van der Waals surface area contributed by atoms with Crippen LogP contribution in [0.15, 0.2) is 17.5 Å². The maximum absolute atomic E-state index is 14.3. The molecule has 0 radical (unpaired) electrons. The molecule has 0 bridgehead atoms. The summed E-state index contributed by atoms with van der Waals surface area (Å²) in [5, 5.41) is 2.23. The first-order valence-electron chi connectivity index (χ1n) is 8.64. The first kappa shape index (κ1) is 21.0. The summed E-state index contributed by atoms with van der Waals surface area (Å²) in [4.78, 5) is 20.6. The molecule has 3 rings (SSSR count). The topological polar surface area (TPSA) is 36.4 Å². The van der Waals surface area contributed by atoms with Crippen molar-refractivity contribution in [2.24, 2.45) is 0 Å². The standard InChI is InChI=1S/C18H18ClF4N3OS/c1-11-24-13(10-28-11)9-25-3-2-4-26(6-5-25)17(27)14-7-12(18(21,22)23)8-15(19)16(14)20/h7-8,10H,2-6,9H2,1H3. The van der Waals surface area contributed by atoms with Gasteiger partial charge in [-0.2, -0.15) is 13.2 Å². The average Bonchev–Trinajstić information content (AvgIpc) is 2.88. The van der Waals surface area contributed by atoms with Gasteiger partial charge in [0.2, 0.25) is 0 Å². The highest BCUT2D eigenvalue weighted by atomic mass is 35.5. The quantitative estimate of drug-likeness (QED) is 0.660. The van der Waals surface area contributed by atoms with Crippen molar-refractivity contribution in [2.75, 3.05) is 26.2 Å². The Labute approximate surface area is 168 Å². The van der Waals surface area contributed by atoms with Gasteiger partial charge in [-0.25, -0.2) is 9.37 Å². The molecule has 0 aliphatic carbocycles. The summed E-state index contributed by atoms with van der Waals surface area (Å²) in [6.07, 6.45) is -4.09. The van der Waals surface area contributed by atoms with Crippen LogP contribution in [0.1, 0.15) is 33.0 Å². The number of aromatic nitrogens is 1. The molecule has 1 saturated heterocycles. The molecule has 2 aromatic rings. The zero-order valence-electron chi connectivity index (χ0n) is 15.0. The molecule has 0 N–H and O–H groups in total. The molecule has 152 valence electrons. The van der Waals surface area contributed by atoms with Gasteiger partial charge in [-0.1, -0.05) is 11.6 Å². The monoisotopic (exact) mass is 435 g/mol. The molecule has 1 fully saturated rings. The minimum Gasteiger partial charge on any atom is -0.337 e. The van der Waals surface area contributed by atoms with Crippen molar-refractivity contribution in [2.45, 2.75) is 26.1 Å². The van der Waals surface area contributed by atoms with Crippen LogP contribution in [0, 0.1) is 12.7 Å². The van der Waals surface area contributed by atoms with Gasteiger partial charge in [0, 0.05) is 38.1 Å². The normalized spacial score (nSPS) is 16.3. The second-order valence-corrected chi connectivity index (χ2v) is 8.07. The number of amides is 1. The van der Waals surface area contributed by atoms with Crippen LogP contribution in [0.5, 0.6) is 0 Å². The van der Waals surface area contributed by atoms with E-state index in [1.54, 1.807) is 11.3 Å². The molecule has 1 aliphatic rings. The zero-order chi connectivity index (χ0) is 20.5. The number of carbonyl (C=O) groups excluding carboxylic acids is 1. The highest BCUT2D eigenvalue weighted by Gasteiger charge is 2.34. The molecule has 1 aromatic carbocycles. The van der Waals surface area contributed by atoms with E-state index in [0.29, 0.717) is 44.7 Å². The number of hydrogen-bond donors (Lipinski definition) is 0. The van der Waals surface area contributed by atoms with E-state index in [2.05, 4.69) is 9.88 Å². The number of hydrogen-bond acceptors (Lipinski definition) is 4. The van der Waals surface area contributed by atoms with Crippen LogP contribution in [-0.4, -0.2) is 46.9 Å². The van der Waals surface area contributed by atoms with Crippen LogP contribution in [0.25, 0.3) is 0 Å². The summed E-state index contributed by atoms with van der Waals surface area (Å²) in [6.45, 7) is 4.42. The molecule has 10 heteroatoms. The maximum Gasteiger partial charge on any atom is 0.416 e. The van der Waals surface area contributed by atoms with Gasteiger partial charge in [-0.3, -0.25) is 9.69 Å². The molecule has 0 saturated carbocycles. The number of halogens is 5. The summed E-state index contributed by atoms with van der Waals surface area (Å²) in [6, 6.07) is 1.03. The van der Waals surface area contributed by atoms with Gasteiger partial charge < -0.3 is 4.90 Å². The highest BCUT2D eigenvalue weighted by molar-refractivity contribution is 7.09. The van der Waals surface area contributed by atoms with E-state index in [-0.39, 0.29) is 6.54 Å². The van der Waals surface area contributed by atoms with Gasteiger partial charge in [-0.05, 0) is 25.5 Å². The van der Waals surface area contributed by atoms with Crippen LogP contribution >= 0.6 is 22.9 Å². The van der Waals surface area contributed by atoms with Crippen LogP contribution in [0.3, 0.4) is 0 Å². The van der Waals surface area contributed by atoms with E-state index in [1.165, 1.54) is 4.90 Å². The number of benzene rings is 1. The Hall–Kier alpha value is -1.71. The summed E-state index contributed by atoms with van der Waals surface area (Å²) in [5.74, 6) is -1.91. The SMILES string of the molecule is Cc1nc(CN2CCCN(C(=O)c3cc(C(F)(F)F)cc(Cl)c3F)CC2)cs1. The lowest BCUT2D eigenvalue weighted by molar-refractivity contribution is -0.137. The van der Waals surface area contributed by atoms with Crippen molar-refractivity contribution < 1.29 is 22.4 Å². The first-order valence-corrected chi connectivity index (χ1v) is 9.90. The number of carbonyl (C=O) groups is 1. The molecule has 2 heterocycles. The van der Waals surface area contributed by atoms with Crippen LogP contribution in [-0.2, 0) is 12.7 Å². The van der Waals surface area contributed by atoms with Gasteiger partial charge in [0.15, 0.2) is 5.82 Å². The predicted molar refractivity (Wildman–Crippen MR) is 99.1 cm³/mol. The van der Waals surface area contributed by atoms with Crippen LogP contribution in [0.2, 0.25) is 5.02 Å². The molecular formula is C18H18ClF4N3OS. The Morgan fingerprint density at radius 2 is 2.00 bits per heavy atom. The number of aryl methyl sites for hydroxylation is 1. The van der Waals surface area contributed by atoms with E-state index in [4.69, 9.17) is 11.6 Å². The molecule has 0 unspecified atom stereocenters. The van der Waals surface area contributed by atoms with Crippen LogP contribution in [0.4, 0.5) is 17.6 Å². The summed E-state index contributed by atoms with van der Waals surface area (Å²) in [7, 11) is 0. The minimum absolute atomic E-state index is 0.287. The first-order chi connectivity index (χ1) is 13.1. The van der Waals surface area contributed by atoms with Crippen molar-refractivity contribution in [3.8, 4) is 0 Å². The fourth-order valence-corrected chi connectivity index (χ4v) is 3.94. The van der Waals surface area contributed by atoms with E-state index in [0.717, 1.165) is 10.7 Å². The largest absolute Gasteiger partial charge is 0.416 e. The summed E-state index contributed by atoms with van der Waals surface area (Å²) >= 11 is 7.15. The fourth-order valence-electron chi connectivity index (χ4n) is 3.12. The number of rotatable bonds is 3. The summed E-state index contributed by atoms with van der Waals surface area (Å²) in [5.41, 5.74) is -0.848. The van der Waals surface area contributed by atoms with E-state index in [1.807, 2.05) is 12.3 Å². The molecule has 1 aliphatic heterocycles. The molecule has 0 spiro atoms. The number of alkyl halides is 3. The Morgan fingerprint density at radius 3 is 2.64 bits per heavy atom. The molecule has 0 atom stereocenters. The van der Waals surface area contributed by atoms with Crippen molar-refractivity contribution in [3.63, 3.8) is 0 Å². The van der Waals surface area contributed by atoms with Gasteiger partial charge in [0.05, 0.1) is 26.9 Å². The second-order valence-electron chi connectivity index (χ2n) is 6.60. The van der Waals surface area contributed by atoms with Crippen LogP contribution < -0.4 is 0 Å². The van der Waals surface area contributed by atoms with E-state index < -0.39 is 34.1 Å². The molecule has 4 nitrogen and oxygen atoms in total. The van der Waals surface area contributed by atoms with Gasteiger partial charge in [0.1, 0.15) is 0 Å². The fraction of sp³-hybridized carbons (Fsp3) is 0.444. The predicted octanol–water partition coefficient (Wildman–Crippen LogP) is 4.61. The Bertz CT molecular complexity index is 871. The molecule has 1 amide bonds.